The lowest BCUT2D eigenvalue weighted by Crippen LogP contribution is -2.15. The Morgan fingerprint density at radius 2 is 2.50 bits per heavy atom. The maximum atomic E-state index is 10.8. The van der Waals surface area contributed by atoms with Gasteiger partial charge >= 0.3 is 11.7 Å². The van der Waals surface area contributed by atoms with E-state index in [2.05, 4.69) is 11.7 Å². The van der Waals surface area contributed by atoms with E-state index in [-0.39, 0.29) is 24.4 Å². The molecule has 8 nitrogen and oxygen atoms in total. The summed E-state index contributed by atoms with van der Waals surface area (Å²) in [5.41, 5.74) is -0.128. The normalized spacial score (nSPS) is 12.1. The molecule has 0 radical (unpaired) electrons. The molecule has 0 amide bonds. The van der Waals surface area contributed by atoms with E-state index in [0.717, 1.165) is 6.20 Å². The highest BCUT2D eigenvalue weighted by Crippen LogP contribution is 2.29. The fraction of sp³-hybridized carbons (Fsp3) is 0.400. The molecule has 0 spiro atoms. The van der Waals surface area contributed by atoms with Crippen molar-refractivity contribution in [2.75, 3.05) is 6.61 Å². The predicted molar refractivity (Wildman–Crippen MR) is 61.0 cm³/mol. The van der Waals surface area contributed by atoms with Crippen molar-refractivity contribution in [2.45, 2.75) is 12.5 Å². The Hall–Kier alpha value is -2.22. The van der Waals surface area contributed by atoms with Gasteiger partial charge in [0.15, 0.2) is 0 Å². The third-order valence-corrected chi connectivity index (χ3v) is 2.24. The van der Waals surface area contributed by atoms with Crippen LogP contribution in [0.15, 0.2) is 18.9 Å². The van der Waals surface area contributed by atoms with E-state index in [9.17, 15) is 14.9 Å². The van der Waals surface area contributed by atoms with Crippen molar-refractivity contribution in [3.05, 3.63) is 34.7 Å². The zero-order valence-corrected chi connectivity index (χ0v) is 9.78. The number of aromatic nitrogens is 2. The second-order valence-electron chi connectivity index (χ2n) is 3.50. The molecule has 0 aliphatic rings. The number of aryl methyl sites for hydroxylation is 1. The summed E-state index contributed by atoms with van der Waals surface area (Å²) in [5.74, 6) is -1.11. The lowest BCUT2D eigenvalue weighted by molar-refractivity contribution is -0.386. The van der Waals surface area contributed by atoms with E-state index in [1.165, 1.54) is 17.8 Å². The standard InChI is InChI=1S/C10H13N3O5/c1-3-4-18-8(5-9(14)15)10-7(13(16)17)6-11-12(10)2/h3,6,8H,1,4-5H2,2H3,(H,14,15)/t8-/m0/s1. The van der Waals surface area contributed by atoms with Gasteiger partial charge in [-0.25, -0.2) is 0 Å². The van der Waals surface area contributed by atoms with Gasteiger partial charge in [-0.3, -0.25) is 19.6 Å². The third kappa shape index (κ3) is 3.14. The van der Waals surface area contributed by atoms with Gasteiger partial charge in [-0.1, -0.05) is 6.08 Å². The van der Waals surface area contributed by atoms with Crippen LogP contribution in [-0.4, -0.2) is 32.4 Å². The smallest absolute Gasteiger partial charge is 0.312 e. The first-order valence-corrected chi connectivity index (χ1v) is 5.08. The number of nitro groups is 1. The minimum absolute atomic E-state index is 0.0975. The van der Waals surface area contributed by atoms with E-state index in [0.29, 0.717) is 0 Å². The number of carboxylic acid groups (broad SMARTS) is 1. The highest BCUT2D eigenvalue weighted by atomic mass is 16.6. The first-order valence-electron chi connectivity index (χ1n) is 5.08. The molecule has 0 aliphatic heterocycles. The van der Waals surface area contributed by atoms with Gasteiger partial charge in [-0.2, -0.15) is 5.10 Å². The van der Waals surface area contributed by atoms with Crippen molar-refractivity contribution in [3.8, 4) is 0 Å². The number of ether oxygens (including phenoxy) is 1. The first-order chi connectivity index (χ1) is 8.47. The molecule has 1 aromatic rings. The number of aliphatic carboxylic acids is 1. The summed E-state index contributed by atoms with van der Waals surface area (Å²) in [6.07, 6.45) is 1.19. The summed E-state index contributed by atoms with van der Waals surface area (Å²) in [4.78, 5) is 21.0. The van der Waals surface area contributed by atoms with E-state index >= 15 is 0 Å². The van der Waals surface area contributed by atoms with Crippen molar-refractivity contribution >= 4 is 11.7 Å². The molecule has 0 bridgehead atoms. The highest BCUT2D eigenvalue weighted by molar-refractivity contribution is 5.68. The van der Waals surface area contributed by atoms with Crippen LogP contribution < -0.4 is 0 Å². The van der Waals surface area contributed by atoms with E-state index in [4.69, 9.17) is 9.84 Å². The van der Waals surface area contributed by atoms with Crippen molar-refractivity contribution in [2.24, 2.45) is 7.05 Å². The number of hydrogen-bond acceptors (Lipinski definition) is 5. The Bertz CT molecular complexity index is 468. The summed E-state index contributed by atoms with van der Waals surface area (Å²) in [6, 6.07) is 0. The Balaban J connectivity index is 3.10. The fourth-order valence-electron chi connectivity index (χ4n) is 1.53. The van der Waals surface area contributed by atoms with Crippen molar-refractivity contribution in [1.82, 2.24) is 9.78 Å². The van der Waals surface area contributed by atoms with Crippen LogP contribution in [0, 0.1) is 10.1 Å². The second kappa shape index (κ2) is 5.92. The van der Waals surface area contributed by atoms with Crippen LogP contribution in [-0.2, 0) is 16.6 Å². The highest BCUT2D eigenvalue weighted by Gasteiger charge is 2.29. The van der Waals surface area contributed by atoms with Gasteiger partial charge in [-0.15, -0.1) is 6.58 Å². The van der Waals surface area contributed by atoms with Crippen LogP contribution in [0.5, 0.6) is 0 Å². The predicted octanol–water partition coefficient (Wildman–Crippen LogP) is 1.05. The molecule has 0 aromatic carbocycles. The molecule has 0 aliphatic carbocycles. The first kappa shape index (κ1) is 13.8. The lowest BCUT2D eigenvalue weighted by Gasteiger charge is -2.14. The minimum atomic E-state index is -1.11. The molecule has 0 saturated carbocycles. The minimum Gasteiger partial charge on any atom is -0.481 e. The number of nitrogens with zero attached hydrogens (tertiary/aromatic N) is 3. The SMILES string of the molecule is C=CCO[C@@H](CC(=O)O)c1c([N+](=O)[O-])cnn1C. The number of hydrogen-bond donors (Lipinski definition) is 1. The zero-order chi connectivity index (χ0) is 13.7. The average molecular weight is 255 g/mol. The van der Waals surface area contributed by atoms with Crippen LogP contribution in [0.4, 0.5) is 5.69 Å². The molecule has 1 N–H and O–H groups in total. The summed E-state index contributed by atoms with van der Waals surface area (Å²) in [5, 5.41) is 23.4. The molecule has 1 atom stereocenters. The zero-order valence-electron chi connectivity index (χ0n) is 9.78. The van der Waals surface area contributed by atoms with E-state index in [1.807, 2.05) is 0 Å². The molecule has 0 unspecified atom stereocenters. The Kier molecular flexibility index (Phi) is 4.55. The molecular formula is C10H13N3O5. The van der Waals surface area contributed by atoms with Crippen molar-refractivity contribution in [1.29, 1.82) is 0 Å². The molecule has 98 valence electrons. The Morgan fingerprint density at radius 3 is 3.00 bits per heavy atom. The number of carbonyl (C=O) groups is 1. The van der Waals surface area contributed by atoms with Crippen LogP contribution in [0.25, 0.3) is 0 Å². The fourth-order valence-corrected chi connectivity index (χ4v) is 1.53. The topological polar surface area (TPSA) is 107 Å². The monoisotopic (exact) mass is 255 g/mol. The molecule has 1 rings (SSSR count). The quantitative estimate of drug-likeness (QED) is 0.443. The molecular weight excluding hydrogens is 242 g/mol. The van der Waals surface area contributed by atoms with E-state index < -0.39 is 17.0 Å². The summed E-state index contributed by atoms with van der Waals surface area (Å²) >= 11 is 0. The lowest BCUT2D eigenvalue weighted by atomic mass is 10.1. The van der Waals surface area contributed by atoms with Crippen LogP contribution in [0.3, 0.4) is 0 Å². The Morgan fingerprint density at radius 1 is 1.83 bits per heavy atom. The van der Waals surface area contributed by atoms with Gasteiger partial charge in [0.1, 0.15) is 18.0 Å². The number of rotatable bonds is 7. The maximum Gasteiger partial charge on any atom is 0.312 e. The summed E-state index contributed by atoms with van der Waals surface area (Å²) in [7, 11) is 1.49. The maximum absolute atomic E-state index is 10.8. The van der Waals surface area contributed by atoms with Gasteiger partial charge in [0.05, 0.1) is 18.0 Å². The molecule has 0 saturated heterocycles. The Labute approximate surface area is 103 Å². The van der Waals surface area contributed by atoms with Gasteiger partial charge < -0.3 is 9.84 Å². The molecule has 0 fully saturated rings. The van der Waals surface area contributed by atoms with Gasteiger partial charge in [0.2, 0.25) is 0 Å². The van der Waals surface area contributed by atoms with Gasteiger partial charge in [-0.05, 0) is 0 Å². The van der Waals surface area contributed by atoms with Gasteiger partial charge in [0, 0.05) is 7.05 Å². The van der Waals surface area contributed by atoms with Crippen LogP contribution in [0.2, 0.25) is 0 Å². The van der Waals surface area contributed by atoms with Crippen LogP contribution in [0.1, 0.15) is 18.2 Å². The van der Waals surface area contributed by atoms with Crippen LogP contribution >= 0.6 is 0 Å². The summed E-state index contributed by atoms with van der Waals surface area (Å²) in [6.45, 7) is 3.54. The molecule has 18 heavy (non-hydrogen) atoms. The van der Waals surface area contributed by atoms with Gasteiger partial charge in [0.25, 0.3) is 0 Å². The summed E-state index contributed by atoms with van der Waals surface area (Å²) < 4.78 is 6.50. The number of carboxylic acids is 1. The largest absolute Gasteiger partial charge is 0.481 e. The second-order valence-corrected chi connectivity index (χ2v) is 3.50. The molecule has 8 heteroatoms. The molecule has 1 aromatic heterocycles. The molecule has 1 heterocycles. The third-order valence-electron chi connectivity index (χ3n) is 2.24. The van der Waals surface area contributed by atoms with Crippen molar-refractivity contribution in [3.63, 3.8) is 0 Å². The van der Waals surface area contributed by atoms with Crippen molar-refractivity contribution < 1.29 is 19.6 Å². The average Bonchev–Trinajstić information content (AvgIpc) is 2.66. The van der Waals surface area contributed by atoms with E-state index in [1.54, 1.807) is 0 Å².